The van der Waals surface area contributed by atoms with Crippen LogP contribution in [0, 0.1) is 0 Å². The minimum absolute atomic E-state index is 0.306. The first-order chi connectivity index (χ1) is 10.2. The number of rotatable bonds is 4. The molecule has 1 aliphatic heterocycles. The maximum atomic E-state index is 12.9. The Bertz CT molecular complexity index is 770. The monoisotopic (exact) mass is 289 g/mol. The van der Waals surface area contributed by atoms with E-state index in [0.29, 0.717) is 5.41 Å². The third-order valence-electron chi connectivity index (χ3n) is 3.87. The van der Waals surface area contributed by atoms with E-state index in [2.05, 4.69) is 37.4 Å². The van der Waals surface area contributed by atoms with Crippen molar-refractivity contribution in [3.05, 3.63) is 78.0 Å². The molecule has 2 heteroatoms. The van der Waals surface area contributed by atoms with E-state index in [1.807, 2.05) is 30.4 Å². The third-order valence-corrected chi connectivity index (χ3v) is 6.50. The first-order valence-electron chi connectivity index (χ1n) is 7.10. The number of hydrogen-bond acceptors (Lipinski definition) is 1. The minimum Gasteiger partial charge on any atom is -0.300 e. The van der Waals surface area contributed by atoms with E-state index in [0.717, 1.165) is 29.0 Å². The van der Waals surface area contributed by atoms with Gasteiger partial charge in [0, 0.05) is 5.56 Å². The van der Waals surface area contributed by atoms with Crippen LogP contribution in [0.2, 0.25) is 6.04 Å². The highest BCUT2D eigenvalue weighted by Gasteiger charge is 2.30. The van der Waals surface area contributed by atoms with Gasteiger partial charge in [-0.2, -0.15) is 0 Å². The molecular weight excluding hydrogens is 272 g/mol. The van der Waals surface area contributed by atoms with Gasteiger partial charge in [-0.05, 0) is 40.9 Å². The van der Waals surface area contributed by atoms with Crippen LogP contribution in [-0.2, 0) is 0 Å². The topological polar surface area (TPSA) is 17.1 Å². The predicted molar refractivity (Wildman–Crippen MR) is 91.8 cm³/mol. The van der Waals surface area contributed by atoms with Crippen LogP contribution in [-0.4, -0.2) is 14.2 Å². The maximum Gasteiger partial charge on any atom is 0.175 e. The Balaban J connectivity index is 2.19. The fourth-order valence-corrected chi connectivity index (χ4v) is 5.15. The first kappa shape index (κ1) is 13.8. The Morgan fingerprint density at radius 1 is 1.05 bits per heavy atom. The molecule has 3 rings (SSSR count). The number of carbonyl (C=O) groups is 1. The van der Waals surface area contributed by atoms with Gasteiger partial charge in [-0.15, -0.1) is 13.2 Å². The van der Waals surface area contributed by atoms with Crippen LogP contribution in [0.4, 0.5) is 0 Å². The van der Waals surface area contributed by atoms with Crippen LogP contribution in [0.25, 0.3) is 16.8 Å². The van der Waals surface area contributed by atoms with E-state index in [9.17, 15) is 4.79 Å². The highest BCUT2D eigenvalue weighted by atomic mass is 28.3. The molecule has 0 N–H and O–H groups in total. The zero-order chi connectivity index (χ0) is 14.8. The highest BCUT2D eigenvalue weighted by molar-refractivity contribution is 6.99. The molecule has 0 fully saturated rings. The molecule has 0 bridgehead atoms. The van der Waals surface area contributed by atoms with Gasteiger partial charge in [-0.25, -0.2) is 0 Å². The molecule has 1 radical (unpaired) electrons. The van der Waals surface area contributed by atoms with Gasteiger partial charge in [-0.3, -0.25) is 4.79 Å². The third kappa shape index (κ3) is 2.43. The average molecular weight is 289 g/mol. The second-order valence-corrected chi connectivity index (χ2v) is 7.71. The Kier molecular flexibility index (Phi) is 3.71. The fraction of sp³-hybridized carbons (Fsp3) is 0.105. The quantitative estimate of drug-likeness (QED) is 0.586. The Morgan fingerprint density at radius 3 is 2.43 bits per heavy atom. The second kappa shape index (κ2) is 5.66. The standard InChI is InChI=1S/C19H17OSi/c1-3-7-17-12-16-11-14-8-5-6-9-15(14)13-18(16)19(20)21(17)10-4-2/h3-6,8-9,11-13H,1-2,7,10H2. The molecule has 1 nitrogen and oxygen atoms in total. The smallest absolute Gasteiger partial charge is 0.175 e. The summed E-state index contributed by atoms with van der Waals surface area (Å²) in [5.41, 5.74) is 1.92. The highest BCUT2D eigenvalue weighted by Crippen LogP contribution is 2.30. The molecule has 0 aliphatic carbocycles. The van der Waals surface area contributed by atoms with Crippen molar-refractivity contribution in [2.45, 2.75) is 12.5 Å². The SMILES string of the molecule is C=CCC1=Cc2cc3ccccc3cc2C(=O)[Si]1CC=C. The molecule has 0 spiro atoms. The van der Waals surface area contributed by atoms with Crippen LogP contribution in [0.3, 0.4) is 0 Å². The molecular formula is C19H17OSi. The summed E-state index contributed by atoms with van der Waals surface area (Å²) in [5, 5.41) is 3.85. The number of fused-ring (bicyclic) bond motifs is 2. The summed E-state index contributed by atoms with van der Waals surface area (Å²) in [6.45, 7) is 7.63. The second-order valence-electron chi connectivity index (χ2n) is 5.25. The van der Waals surface area contributed by atoms with Crippen LogP contribution in [0.5, 0.6) is 0 Å². The van der Waals surface area contributed by atoms with Gasteiger partial charge in [-0.1, -0.05) is 47.7 Å². The predicted octanol–water partition coefficient (Wildman–Crippen LogP) is 4.75. The molecule has 0 amide bonds. The lowest BCUT2D eigenvalue weighted by molar-refractivity contribution is 0.107. The van der Waals surface area contributed by atoms with E-state index in [-0.39, 0.29) is 0 Å². The molecule has 2 aromatic carbocycles. The van der Waals surface area contributed by atoms with Crippen molar-refractivity contribution in [3.8, 4) is 0 Å². The van der Waals surface area contributed by atoms with Crippen molar-refractivity contribution < 1.29 is 4.79 Å². The van der Waals surface area contributed by atoms with Gasteiger partial charge in [0.1, 0.15) is 5.41 Å². The summed E-state index contributed by atoms with van der Waals surface area (Å²) in [4.78, 5) is 12.9. The minimum atomic E-state index is -1.22. The van der Waals surface area contributed by atoms with E-state index in [1.54, 1.807) is 0 Å². The largest absolute Gasteiger partial charge is 0.300 e. The van der Waals surface area contributed by atoms with Crippen LogP contribution in [0.15, 0.2) is 66.9 Å². The van der Waals surface area contributed by atoms with Crippen LogP contribution < -0.4 is 0 Å². The molecule has 2 aromatic rings. The molecule has 0 saturated heterocycles. The lowest BCUT2D eigenvalue weighted by atomic mass is 10.0. The summed E-state index contributed by atoms with van der Waals surface area (Å²) in [7, 11) is -1.22. The van der Waals surface area contributed by atoms with Crippen molar-refractivity contribution >= 4 is 31.1 Å². The lowest BCUT2D eigenvalue weighted by Crippen LogP contribution is -2.31. The van der Waals surface area contributed by atoms with E-state index in [4.69, 9.17) is 0 Å². The van der Waals surface area contributed by atoms with Crippen molar-refractivity contribution in [2.75, 3.05) is 0 Å². The lowest BCUT2D eigenvalue weighted by Gasteiger charge is -2.22. The maximum absolute atomic E-state index is 12.9. The summed E-state index contributed by atoms with van der Waals surface area (Å²) < 4.78 is 0. The molecule has 1 heterocycles. The zero-order valence-electron chi connectivity index (χ0n) is 11.9. The molecule has 1 aliphatic rings. The van der Waals surface area contributed by atoms with Crippen LogP contribution in [0.1, 0.15) is 22.3 Å². The molecule has 0 aromatic heterocycles. The summed E-state index contributed by atoms with van der Waals surface area (Å²) >= 11 is 0. The van der Waals surface area contributed by atoms with Gasteiger partial charge in [0.15, 0.2) is 8.80 Å². The Hall–Kier alpha value is -2.19. The molecule has 21 heavy (non-hydrogen) atoms. The number of allylic oxidation sites excluding steroid dienone is 3. The number of carbonyl (C=O) groups excluding carboxylic acids is 1. The molecule has 0 saturated carbocycles. The molecule has 0 atom stereocenters. The van der Waals surface area contributed by atoms with Gasteiger partial charge in [0.2, 0.25) is 0 Å². The van der Waals surface area contributed by atoms with Gasteiger partial charge in [0.05, 0.1) is 0 Å². The van der Waals surface area contributed by atoms with Gasteiger partial charge < -0.3 is 0 Å². The zero-order valence-corrected chi connectivity index (χ0v) is 12.9. The fourth-order valence-electron chi connectivity index (χ4n) is 2.86. The first-order valence-corrected chi connectivity index (χ1v) is 8.81. The Labute approximate surface area is 126 Å². The van der Waals surface area contributed by atoms with E-state index in [1.165, 1.54) is 10.6 Å². The van der Waals surface area contributed by atoms with Crippen LogP contribution >= 0.6 is 0 Å². The Morgan fingerprint density at radius 2 is 1.76 bits per heavy atom. The van der Waals surface area contributed by atoms with Crippen molar-refractivity contribution in [3.63, 3.8) is 0 Å². The van der Waals surface area contributed by atoms with Gasteiger partial charge in [0.25, 0.3) is 0 Å². The normalized spacial score (nSPS) is 14.7. The van der Waals surface area contributed by atoms with Gasteiger partial charge >= 0.3 is 0 Å². The van der Waals surface area contributed by atoms with E-state index >= 15 is 0 Å². The average Bonchev–Trinajstić information content (AvgIpc) is 2.50. The van der Waals surface area contributed by atoms with Crippen molar-refractivity contribution in [1.82, 2.24) is 0 Å². The molecule has 103 valence electrons. The van der Waals surface area contributed by atoms with E-state index < -0.39 is 8.80 Å². The summed E-state index contributed by atoms with van der Waals surface area (Å²) in [6, 6.07) is 13.1. The summed E-state index contributed by atoms with van der Waals surface area (Å²) in [6.07, 6.45) is 6.75. The number of benzene rings is 2. The van der Waals surface area contributed by atoms with Crippen molar-refractivity contribution in [2.24, 2.45) is 0 Å². The molecule has 0 unspecified atom stereocenters. The number of hydrogen-bond donors (Lipinski definition) is 0. The summed E-state index contributed by atoms with van der Waals surface area (Å²) in [5.74, 6) is 0. The van der Waals surface area contributed by atoms with Crippen molar-refractivity contribution in [1.29, 1.82) is 0 Å².